The molecule has 2 N–H and O–H groups in total. The summed E-state index contributed by atoms with van der Waals surface area (Å²) in [5.41, 5.74) is 8.38. The van der Waals surface area contributed by atoms with Gasteiger partial charge in [-0.15, -0.1) is 11.3 Å². The van der Waals surface area contributed by atoms with E-state index in [0.29, 0.717) is 6.54 Å². The maximum absolute atomic E-state index is 14.1. The molecule has 0 spiro atoms. The summed E-state index contributed by atoms with van der Waals surface area (Å²) in [5, 5.41) is 0.768. The topological polar surface area (TPSA) is 29.3 Å². The molecule has 0 aliphatic carbocycles. The van der Waals surface area contributed by atoms with Gasteiger partial charge in [-0.1, -0.05) is 17.7 Å². The average Bonchev–Trinajstić information content (AvgIpc) is 2.81. The zero-order valence-electron chi connectivity index (χ0n) is 11.7. The van der Waals surface area contributed by atoms with Crippen molar-refractivity contribution in [2.75, 3.05) is 13.1 Å². The molecule has 20 heavy (non-hydrogen) atoms. The monoisotopic (exact) mass is 290 g/mol. The van der Waals surface area contributed by atoms with Gasteiger partial charge in [-0.2, -0.15) is 0 Å². The van der Waals surface area contributed by atoms with Gasteiger partial charge in [0.2, 0.25) is 0 Å². The number of fused-ring (bicyclic) bond motifs is 1. The summed E-state index contributed by atoms with van der Waals surface area (Å²) in [6.07, 6.45) is 3.36. The summed E-state index contributed by atoms with van der Waals surface area (Å²) in [4.78, 5) is 3.47. The van der Waals surface area contributed by atoms with Gasteiger partial charge < -0.3 is 5.73 Å². The molecule has 0 radical (unpaired) electrons. The number of hydrogen-bond acceptors (Lipinski definition) is 3. The number of nitrogens with zero attached hydrogens (tertiary/aromatic N) is 1. The molecule has 3 rings (SSSR count). The molecule has 1 aromatic carbocycles. The minimum absolute atomic E-state index is 0.128. The third kappa shape index (κ3) is 2.51. The van der Waals surface area contributed by atoms with Crippen LogP contribution in [0.25, 0.3) is 10.1 Å². The molecule has 4 heteroatoms. The lowest BCUT2D eigenvalue weighted by Crippen LogP contribution is -2.28. The van der Waals surface area contributed by atoms with Crippen molar-refractivity contribution >= 4 is 21.4 Å². The van der Waals surface area contributed by atoms with Crippen molar-refractivity contribution in [3.05, 3.63) is 46.1 Å². The highest BCUT2D eigenvalue weighted by Gasteiger charge is 2.18. The van der Waals surface area contributed by atoms with Crippen molar-refractivity contribution < 1.29 is 4.39 Å². The van der Waals surface area contributed by atoms with Gasteiger partial charge in [-0.25, -0.2) is 4.39 Å². The summed E-state index contributed by atoms with van der Waals surface area (Å²) < 4.78 is 15.2. The Morgan fingerprint density at radius 1 is 1.40 bits per heavy atom. The van der Waals surface area contributed by atoms with Gasteiger partial charge >= 0.3 is 0 Å². The Hall–Kier alpha value is -1.23. The van der Waals surface area contributed by atoms with Crippen LogP contribution < -0.4 is 5.73 Å². The van der Waals surface area contributed by atoms with Crippen LogP contribution in [0, 0.1) is 5.82 Å². The molecule has 1 aromatic heterocycles. The molecule has 2 aromatic rings. The Bertz CT molecular complexity index is 660. The third-order valence-electron chi connectivity index (χ3n) is 3.93. The molecule has 2 nitrogen and oxygen atoms in total. The number of halogens is 1. The zero-order chi connectivity index (χ0) is 14.1. The van der Waals surface area contributed by atoms with Gasteiger partial charge in [0.15, 0.2) is 0 Å². The van der Waals surface area contributed by atoms with Crippen molar-refractivity contribution in [3.63, 3.8) is 0 Å². The van der Waals surface area contributed by atoms with E-state index in [9.17, 15) is 4.39 Å². The lowest BCUT2D eigenvalue weighted by atomic mass is 10.1. The second kappa shape index (κ2) is 5.64. The molecule has 0 amide bonds. The lowest BCUT2D eigenvalue weighted by molar-refractivity contribution is 0.286. The molecule has 106 valence electrons. The fourth-order valence-electron chi connectivity index (χ4n) is 2.73. The van der Waals surface area contributed by atoms with E-state index in [1.165, 1.54) is 5.57 Å². The summed E-state index contributed by atoms with van der Waals surface area (Å²) in [6, 6.07) is 5.29. The highest BCUT2D eigenvalue weighted by Crippen LogP contribution is 2.34. The summed E-state index contributed by atoms with van der Waals surface area (Å²) in [5.74, 6) is -0.128. The predicted molar refractivity (Wildman–Crippen MR) is 83.3 cm³/mol. The predicted octanol–water partition coefficient (Wildman–Crippen LogP) is 3.65. The van der Waals surface area contributed by atoms with E-state index in [1.54, 1.807) is 23.5 Å². The van der Waals surface area contributed by atoms with Crippen LogP contribution in [0.1, 0.15) is 23.8 Å². The van der Waals surface area contributed by atoms with Crippen LogP contribution in [-0.4, -0.2) is 18.0 Å². The summed E-state index contributed by atoms with van der Waals surface area (Å²) in [7, 11) is 0. The van der Waals surface area contributed by atoms with Gasteiger partial charge in [0.05, 0.1) is 0 Å². The quantitative estimate of drug-likeness (QED) is 0.874. The van der Waals surface area contributed by atoms with E-state index in [0.717, 1.165) is 46.6 Å². The Kier molecular flexibility index (Phi) is 3.87. The summed E-state index contributed by atoms with van der Waals surface area (Å²) in [6.45, 7) is 5.43. The highest BCUT2D eigenvalue weighted by molar-refractivity contribution is 7.19. The highest BCUT2D eigenvalue weighted by atomic mass is 32.1. The number of nitrogens with two attached hydrogens (primary N) is 1. The minimum Gasteiger partial charge on any atom is -0.326 e. The Morgan fingerprint density at radius 3 is 2.95 bits per heavy atom. The van der Waals surface area contributed by atoms with Crippen LogP contribution in [-0.2, 0) is 13.1 Å². The van der Waals surface area contributed by atoms with E-state index < -0.39 is 0 Å². The van der Waals surface area contributed by atoms with Crippen molar-refractivity contribution in [1.29, 1.82) is 0 Å². The maximum Gasteiger partial charge on any atom is 0.132 e. The van der Waals surface area contributed by atoms with Gasteiger partial charge in [0.1, 0.15) is 5.82 Å². The molecular weight excluding hydrogens is 271 g/mol. The molecule has 1 aliphatic heterocycles. The largest absolute Gasteiger partial charge is 0.326 e. The number of benzene rings is 1. The van der Waals surface area contributed by atoms with Crippen molar-refractivity contribution in [2.24, 2.45) is 5.73 Å². The molecule has 0 unspecified atom stereocenters. The van der Waals surface area contributed by atoms with E-state index in [2.05, 4.69) is 17.9 Å². The first-order chi connectivity index (χ1) is 9.69. The van der Waals surface area contributed by atoms with Crippen LogP contribution in [0.3, 0.4) is 0 Å². The normalized spacial score (nSPS) is 16.6. The number of rotatable bonds is 3. The van der Waals surface area contributed by atoms with Gasteiger partial charge in [0.25, 0.3) is 0 Å². The second-order valence-electron chi connectivity index (χ2n) is 5.36. The molecular formula is C16H19FN2S. The standard InChI is InChI=1S/C16H19FN2S/c1-11-5-7-19(8-6-11)10-12-15(9-18)20-14-4-2-3-13(17)16(12)14/h2-5H,6-10,18H2,1H3. The SMILES string of the molecule is CC1=CCN(Cc2c(CN)sc3cccc(F)c23)CC1. The van der Waals surface area contributed by atoms with E-state index in [1.807, 2.05) is 6.07 Å². The van der Waals surface area contributed by atoms with Crippen LogP contribution in [0.5, 0.6) is 0 Å². The molecule has 1 aliphatic rings. The van der Waals surface area contributed by atoms with E-state index in [-0.39, 0.29) is 5.82 Å². The zero-order valence-corrected chi connectivity index (χ0v) is 12.5. The first-order valence-electron chi connectivity index (χ1n) is 6.96. The summed E-state index contributed by atoms with van der Waals surface area (Å²) >= 11 is 1.62. The fourth-order valence-corrected chi connectivity index (χ4v) is 3.84. The van der Waals surface area contributed by atoms with Gasteiger partial charge in [0, 0.05) is 41.1 Å². The van der Waals surface area contributed by atoms with Crippen LogP contribution >= 0.6 is 11.3 Å². The Morgan fingerprint density at radius 2 is 2.25 bits per heavy atom. The van der Waals surface area contributed by atoms with E-state index >= 15 is 0 Å². The molecule has 2 heterocycles. The van der Waals surface area contributed by atoms with Gasteiger partial charge in [-0.05, 0) is 31.0 Å². The smallest absolute Gasteiger partial charge is 0.132 e. The molecule has 0 bridgehead atoms. The first-order valence-corrected chi connectivity index (χ1v) is 7.77. The molecule has 0 fully saturated rings. The first kappa shape index (κ1) is 13.7. The molecule has 0 atom stereocenters. The Balaban J connectivity index is 1.97. The number of hydrogen-bond donors (Lipinski definition) is 1. The van der Waals surface area contributed by atoms with Crippen LogP contribution in [0.2, 0.25) is 0 Å². The van der Waals surface area contributed by atoms with Gasteiger partial charge in [-0.3, -0.25) is 4.90 Å². The van der Waals surface area contributed by atoms with Crippen molar-refractivity contribution in [2.45, 2.75) is 26.4 Å². The lowest BCUT2D eigenvalue weighted by Gasteiger charge is -2.25. The molecule has 0 saturated heterocycles. The molecule has 0 saturated carbocycles. The van der Waals surface area contributed by atoms with E-state index in [4.69, 9.17) is 5.73 Å². The van der Waals surface area contributed by atoms with Crippen molar-refractivity contribution in [3.8, 4) is 0 Å². The Labute approximate surface area is 122 Å². The number of thiophene rings is 1. The minimum atomic E-state index is -0.128. The third-order valence-corrected chi connectivity index (χ3v) is 5.15. The fraction of sp³-hybridized carbons (Fsp3) is 0.375. The maximum atomic E-state index is 14.1. The second-order valence-corrected chi connectivity index (χ2v) is 6.49. The van der Waals surface area contributed by atoms with Crippen LogP contribution in [0.4, 0.5) is 4.39 Å². The van der Waals surface area contributed by atoms with Crippen molar-refractivity contribution in [1.82, 2.24) is 4.90 Å². The van der Waals surface area contributed by atoms with Crippen LogP contribution in [0.15, 0.2) is 29.8 Å². The average molecular weight is 290 g/mol.